The summed E-state index contributed by atoms with van der Waals surface area (Å²) in [6, 6.07) is 21.1. The number of nitrogens with zero attached hydrogens (tertiary/aromatic N) is 2. The van der Waals surface area contributed by atoms with Gasteiger partial charge in [-0.3, -0.25) is 9.59 Å². The average molecular weight is 415 g/mol. The largest absolute Gasteiger partial charge is 0.489 e. The molecule has 2 aliphatic rings. The second-order valence-corrected chi connectivity index (χ2v) is 8.66. The van der Waals surface area contributed by atoms with Gasteiger partial charge in [-0.1, -0.05) is 36.4 Å². The molecule has 0 spiro atoms. The van der Waals surface area contributed by atoms with Gasteiger partial charge in [0.25, 0.3) is 11.5 Å². The predicted octanol–water partition coefficient (Wildman–Crippen LogP) is 4.00. The Bertz CT molecular complexity index is 1170. The summed E-state index contributed by atoms with van der Waals surface area (Å²) in [6.07, 6.45) is 1.04. The number of carbonyl (C=O) groups is 1. The zero-order chi connectivity index (χ0) is 21.4. The Morgan fingerprint density at radius 2 is 1.77 bits per heavy atom. The summed E-state index contributed by atoms with van der Waals surface area (Å²) < 4.78 is 7.80. The molecule has 2 unspecified atom stereocenters. The van der Waals surface area contributed by atoms with Gasteiger partial charge in [-0.15, -0.1) is 0 Å². The standard InChI is InChI=1S/C26H26N2O3/c1-18-5-2-3-7-24(18)31-17-19-9-11-21(12-10-19)26(30)27-14-20-13-22(16-27)23-6-4-8-25(29)28(23)15-20/h2-12,20,22H,13-17H2,1H3. The molecule has 5 nitrogen and oxygen atoms in total. The third kappa shape index (κ3) is 3.88. The van der Waals surface area contributed by atoms with Crippen LogP contribution in [-0.4, -0.2) is 28.5 Å². The predicted molar refractivity (Wildman–Crippen MR) is 119 cm³/mol. The van der Waals surface area contributed by atoms with Gasteiger partial charge in [0, 0.05) is 42.9 Å². The number of fused-ring (bicyclic) bond motifs is 4. The first kappa shape index (κ1) is 19.6. The van der Waals surface area contributed by atoms with Gasteiger partial charge in [0.1, 0.15) is 12.4 Å². The minimum absolute atomic E-state index is 0.0628. The molecule has 2 atom stereocenters. The number of pyridine rings is 1. The summed E-state index contributed by atoms with van der Waals surface area (Å²) in [5, 5.41) is 0. The normalized spacial score (nSPS) is 19.6. The van der Waals surface area contributed by atoms with Crippen LogP contribution < -0.4 is 10.3 Å². The number of carbonyl (C=O) groups excluding carboxylic acids is 1. The molecule has 2 bridgehead atoms. The van der Waals surface area contributed by atoms with Gasteiger partial charge >= 0.3 is 0 Å². The SMILES string of the molecule is Cc1ccccc1OCc1ccc(C(=O)N2CC3CC(C2)c2cccc(=O)n2C3)cc1. The number of hydrogen-bond donors (Lipinski definition) is 0. The van der Waals surface area contributed by atoms with E-state index in [2.05, 4.69) is 0 Å². The number of piperidine rings is 1. The molecule has 2 aromatic carbocycles. The maximum absolute atomic E-state index is 13.2. The lowest BCUT2D eigenvalue weighted by Gasteiger charge is -2.42. The van der Waals surface area contributed by atoms with Crippen molar-refractivity contribution < 1.29 is 9.53 Å². The van der Waals surface area contributed by atoms with Crippen molar-refractivity contribution in [2.45, 2.75) is 32.4 Å². The van der Waals surface area contributed by atoms with E-state index in [-0.39, 0.29) is 17.4 Å². The molecule has 0 saturated carbocycles. The highest BCUT2D eigenvalue weighted by Crippen LogP contribution is 2.35. The van der Waals surface area contributed by atoms with Crippen LogP contribution in [0.3, 0.4) is 0 Å². The lowest BCUT2D eigenvalue weighted by molar-refractivity contribution is 0.0594. The Balaban J connectivity index is 1.27. The van der Waals surface area contributed by atoms with Crippen molar-refractivity contribution in [2.75, 3.05) is 13.1 Å². The number of hydrogen-bond acceptors (Lipinski definition) is 3. The fourth-order valence-corrected chi connectivity index (χ4v) is 4.87. The molecular weight excluding hydrogens is 388 g/mol. The molecule has 2 aliphatic heterocycles. The average Bonchev–Trinajstić information content (AvgIpc) is 2.79. The number of aromatic nitrogens is 1. The number of benzene rings is 2. The van der Waals surface area contributed by atoms with Crippen LogP contribution in [0.25, 0.3) is 0 Å². The van der Waals surface area contributed by atoms with Gasteiger partial charge in [-0.25, -0.2) is 0 Å². The Kier molecular flexibility index (Phi) is 5.10. The van der Waals surface area contributed by atoms with E-state index < -0.39 is 0 Å². The molecule has 1 amide bonds. The van der Waals surface area contributed by atoms with Crippen molar-refractivity contribution >= 4 is 5.91 Å². The van der Waals surface area contributed by atoms with Crippen molar-refractivity contribution in [3.63, 3.8) is 0 Å². The lowest BCUT2D eigenvalue weighted by Crippen LogP contribution is -2.49. The molecule has 0 N–H and O–H groups in total. The molecule has 158 valence electrons. The first-order valence-electron chi connectivity index (χ1n) is 10.8. The van der Waals surface area contributed by atoms with Crippen LogP contribution in [0.1, 0.15) is 39.5 Å². The summed E-state index contributed by atoms with van der Waals surface area (Å²) in [5.74, 6) is 1.50. The van der Waals surface area contributed by atoms with E-state index in [1.807, 2.05) is 77.1 Å². The smallest absolute Gasteiger partial charge is 0.253 e. The van der Waals surface area contributed by atoms with Crippen molar-refractivity contribution in [1.29, 1.82) is 0 Å². The molecule has 1 fully saturated rings. The Labute approximate surface area is 181 Å². The summed E-state index contributed by atoms with van der Waals surface area (Å²) in [4.78, 5) is 27.3. The van der Waals surface area contributed by atoms with E-state index >= 15 is 0 Å². The van der Waals surface area contributed by atoms with Crippen molar-refractivity contribution in [2.24, 2.45) is 5.92 Å². The van der Waals surface area contributed by atoms with Gasteiger partial charge < -0.3 is 14.2 Å². The molecule has 5 heteroatoms. The van der Waals surface area contributed by atoms with Gasteiger partial charge in [0.15, 0.2) is 0 Å². The van der Waals surface area contributed by atoms with E-state index in [1.54, 1.807) is 6.07 Å². The molecule has 1 aromatic heterocycles. The highest BCUT2D eigenvalue weighted by Gasteiger charge is 2.36. The highest BCUT2D eigenvalue weighted by molar-refractivity contribution is 5.94. The Hall–Kier alpha value is -3.34. The number of likely N-dealkylation sites (tertiary alicyclic amines) is 1. The zero-order valence-electron chi connectivity index (χ0n) is 17.7. The molecule has 5 rings (SSSR count). The first-order valence-corrected chi connectivity index (χ1v) is 10.8. The number of ether oxygens (including phenoxy) is 1. The van der Waals surface area contributed by atoms with E-state index in [9.17, 15) is 9.59 Å². The van der Waals surface area contributed by atoms with Crippen molar-refractivity contribution in [3.8, 4) is 5.75 Å². The minimum atomic E-state index is 0.0628. The minimum Gasteiger partial charge on any atom is -0.489 e. The summed E-state index contributed by atoms with van der Waals surface area (Å²) in [5.41, 5.74) is 3.96. The maximum atomic E-state index is 13.2. The monoisotopic (exact) mass is 414 g/mol. The molecule has 0 radical (unpaired) electrons. The summed E-state index contributed by atoms with van der Waals surface area (Å²) >= 11 is 0. The number of aryl methyl sites for hydroxylation is 1. The van der Waals surface area contributed by atoms with E-state index in [1.165, 1.54) is 0 Å². The van der Waals surface area contributed by atoms with Gasteiger partial charge in [-0.05, 0) is 54.7 Å². The van der Waals surface area contributed by atoms with Crippen LogP contribution >= 0.6 is 0 Å². The molecule has 3 aromatic rings. The van der Waals surface area contributed by atoms with Gasteiger partial charge in [0.2, 0.25) is 0 Å². The maximum Gasteiger partial charge on any atom is 0.253 e. The van der Waals surface area contributed by atoms with Crippen LogP contribution in [0, 0.1) is 12.8 Å². The molecule has 31 heavy (non-hydrogen) atoms. The number of rotatable bonds is 4. The van der Waals surface area contributed by atoms with E-state index in [4.69, 9.17) is 4.74 Å². The van der Waals surface area contributed by atoms with Crippen LogP contribution in [0.2, 0.25) is 0 Å². The van der Waals surface area contributed by atoms with Crippen LogP contribution in [0.15, 0.2) is 71.5 Å². The van der Waals surface area contributed by atoms with Crippen molar-refractivity contribution in [1.82, 2.24) is 9.47 Å². The first-order chi connectivity index (χ1) is 15.1. The Morgan fingerprint density at radius 3 is 2.58 bits per heavy atom. The van der Waals surface area contributed by atoms with Crippen LogP contribution in [0.5, 0.6) is 5.75 Å². The number of amides is 1. The fraction of sp³-hybridized carbons (Fsp3) is 0.308. The second kappa shape index (κ2) is 8.06. The lowest BCUT2D eigenvalue weighted by atomic mass is 9.83. The topological polar surface area (TPSA) is 51.5 Å². The second-order valence-electron chi connectivity index (χ2n) is 8.66. The van der Waals surface area contributed by atoms with Crippen LogP contribution in [0.4, 0.5) is 0 Å². The van der Waals surface area contributed by atoms with Gasteiger partial charge in [-0.2, -0.15) is 0 Å². The molecular formula is C26H26N2O3. The zero-order valence-corrected chi connectivity index (χ0v) is 17.7. The third-order valence-corrected chi connectivity index (χ3v) is 6.46. The van der Waals surface area contributed by atoms with Gasteiger partial charge in [0.05, 0.1) is 0 Å². The third-order valence-electron chi connectivity index (χ3n) is 6.46. The highest BCUT2D eigenvalue weighted by atomic mass is 16.5. The fourth-order valence-electron chi connectivity index (χ4n) is 4.87. The van der Waals surface area contributed by atoms with Crippen molar-refractivity contribution in [3.05, 3.63) is 99.5 Å². The van der Waals surface area contributed by atoms with E-state index in [0.717, 1.165) is 29.0 Å². The summed E-state index contributed by atoms with van der Waals surface area (Å²) in [7, 11) is 0. The number of para-hydroxylation sites is 1. The molecule has 3 heterocycles. The summed E-state index contributed by atoms with van der Waals surface area (Å²) in [6.45, 7) is 4.56. The molecule has 1 saturated heterocycles. The van der Waals surface area contributed by atoms with E-state index in [0.29, 0.717) is 37.7 Å². The Morgan fingerprint density at radius 1 is 0.968 bits per heavy atom. The quantitative estimate of drug-likeness (QED) is 0.649. The molecule has 0 aliphatic carbocycles. The van der Waals surface area contributed by atoms with Crippen LogP contribution in [-0.2, 0) is 13.2 Å².